The third kappa shape index (κ3) is 5.59. The molecule has 0 aliphatic heterocycles. The molecule has 1 aromatic rings. The summed E-state index contributed by atoms with van der Waals surface area (Å²) in [6, 6.07) is 7.20. The first-order chi connectivity index (χ1) is 12.7. The predicted molar refractivity (Wildman–Crippen MR) is 103 cm³/mol. The van der Waals surface area contributed by atoms with E-state index >= 15 is 0 Å². The summed E-state index contributed by atoms with van der Waals surface area (Å²) in [6.07, 6.45) is 3.95. The number of carboxylic acid groups (broad SMARTS) is 1. The number of halogens is 1. The van der Waals surface area contributed by atoms with Crippen LogP contribution in [-0.2, 0) is 9.59 Å². The maximum absolute atomic E-state index is 12.6. The van der Waals surface area contributed by atoms with Crippen molar-refractivity contribution in [3.8, 4) is 5.75 Å². The molecular formula is C20H27ClN2O4. The van der Waals surface area contributed by atoms with Crippen LogP contribution in [0, 0.1) is 5.92 Å². The smallest absolute Gasteiger partial charge is 0.317 e. The van der Waals surface area contributed by atoms with Crippen molar-refractivity contribution >= 4 is 23.5 Å². The number of nitrogens with zero attached hydrogens (tertiary/aromatic N) is 1. The first-order valence-corrected chi connectivity index (χ1v) is 9.82. The highest BCUT2D eigenvalue weighted by Crippen LogP contribution is 2.34. The second-order valence-corrected chi connectivity index (χ2v) is 8.56. The molecule has 3 rings (SSSR count). The van der Waals surface area contributed by atoms with E-state index in [1.165, 1.54) is 12.8 Å². The first kappa shape index (κ1) is 20.0. The molecule has 0 radical (unpaired) electrons. The molecule has 2 fully saturated rings. The Labute approximate surface area is 164 Å². The number of aliphatic carboxylic acids is 1. The molecule has 0 aromatic heterocycles. The number of rotatable bonds is 9. The van der Waals surface area contributed by atoms with Gasteiger partial charge in [0, 0.05) is 23.7 Å². The van der Waals surface area contributed by atoms with E-state index < -0.39 is 11.6 Å². The molecule has 0 saturated heterocycles. The number of hydrogen-bond donors (Lipinski definition) is 2. The molecule has 0 bridgehead atoms. The second-order valence-electron chi connectivity index (χ2n) is 8.13. The van der Waals surface area contributed by atoms with Gasteiger partial charge in [0.05, 0.1) is 6.54 Å². The molecule has 148 valence electrons. The largest absolute Gasteiger partial charge is 0.480 e. The fourth-order valence-electron chi connectivity index (χ4n) is 3.36. The van der Waals surface area contributed by atoms with Gasteiger partial charge in [-0.15, -0.1) is 0 Å². The summed E-state index contributed by atoms with van der Waals surface area (Å²) in [5.74, 6) is 0.265. The SMILES string of the molecule is CC(C)(Oc1ccc(Cl)cc1)C(=O)NC1CC(N(CC(=O)O)CC2CC2)C1. The van der Waals surface area contributed by atoms with Crippen LogP contribution in [0.25, 0.3) is 0 Å². The number of benzene rings is 1. The lowest BCUT2D eigenvalue weighted by atomic mass is 9.84. The normalized spacial score (nSPS) is 22.2. The third-order valence-corrected chi connectivity index (χ3v) is 5.48. The fourth-order valence-corrected chi connectivity index (χ4v) is 3.48. The zero-order chi connectivity index (χ0) is 19.6. The van der Waals surface area contributed by atoms with Gasteiger partial charge in [0.25, 0.3) is 5.91 Å². The molecule has 1 aromatic carbocycles. The van der Waals surface area contributed by atoms with Gasteiger partial charge in [0.15, 0.2) is 5.60 Å². The molecule has 1 amide bonds. The third-order valence-electron chi connectivity index (χ3n) is 5.23. The van der Waals surface area contributed by atoms with Crippen LogP contribution in [0.2, 0.25) is 5.02 Å². The number of nitrogens with one attached hydrogen (secondary N) is 1. The van der Waals surface area contributed by atoms with Crippen LogP contribution < -0.4 is 10.1 Å². The van der Waals surface area contributed by atoms with Gasteiger partial charge in [-0.25, -0.2) is 0 Å². The summed E-state index contributed by atoms with van der Waals surface area (Å²) >= 11 is 5.87. The van der Waals surface area contributed by atoms with Gasteiger partial charge in [-0.3, -0.25) is 14.5 Å². The molecular weight excluding hydrogens is 368 g/mol. The van der Waals surface area contributed by atoms with Crippen molar-refractivity contribution < 1.29 is 19.4 Å². The summed E-state index contributed by atoms with van der Waals surface area (Å²) in [5.41, 5.74) is -1.01. The van der Waals surface area contributed by atoms with Crippen molar-refractivity contribution in [2.45, 2.75) is 57.2 Å². The Morgan fingerprint density at radius 2 is 1.89 bits per heavy atom. The van der Waals surface area contributed by atoms with Crippen LogP contribution in [0.3, 0.4) is 0 Å². The first-order valence-electron chi connectivity index (χ1n) is 9.44. The molecule has 0 heterocycles. The second kappa shape index (κ2) is 8.07. The molecule has 0 atom stereocenters. The monoisotopic (exact) mass is 394 g/mol. The molecule has 0 spiro atoms. The number of ether oxygens (including phenoxy) is 1. The van der Waals surface area contributed by atoms with E-state index in [-0.39, 0.29) is 24.5 Å². The summed E-state index contributed by atoms with van der Waals surface area (Å²) in [5, 5.41) is 12.8. The van der Waals surface area contributed by atoms with Gasteiger partial charge in [0.1, 0.15) is 5.75 Å². The number of hydrogen-bond acceptors (Lipinski definition) is 4. The highest BCUT2D eigenvalue weighted by molar-refractivity contribution is 6.30. The predicted octanol–water partition coefficient (Wildman–Crippen LogP) is 2.94. The van der Waals surface area contributed by atoms with Crippen molar-refractivity contribution in [2.75, 3.05) is 13.1 Å². The Kier molecular flexibility index (Phi) is 5.96. The van der Waals surface area contributed by atoms with Crippen LogP contribution in [0.15, 0.2) is 24.3 Å². The maximum Gasteiger partial charge on any atom is 0.317 e. The van der Waals surface area contributed by atoms with E-state index in [0.29, 0.717) is 16.7 Å². The summed E-state index contributed by atoms with van der Waals surface area (Å²) < 4.78 is 5.82. The van der Waals surface area contributed by atoms with Gasteiger partial charge in [-0.2, -0.15) is 0 Å². The zero-order valence-electron chi connectivity index (χ0n) is 15.8. The van der Waals surface area contributed by atoms with Crippen LogP contribution in [0.5, 0.6) is 5.75 Å². The number of carboxylic acids is 1. The fraction of sp³-hybridized carbons (Fsp3) is 0.600. The van der Waals surface area contributed by atoms with E-state index in [1.807, 2.05) is 0 Å². The number of amides is 1. The maximum atomic E-state index is 12.6. The molecule has 2 aliphatic carbocycles. The summed E-state index contributed by atoms with van der Waals surface area (Å²) in [6.45, 7) is 4.39. The van der Waals surface area contributed by atoms with Gasteiger partial charge in [-0.05, 0) is 69.7 Å². The Morgan fingerprint density at radius 1 is 1.26 bits per heavy atom. The average molecular weight is 395 g/mol. The molecule has 2 saturated carbocycles. The van der Waals surface area contributed by atoms with E-state index in [2.05, 4.69) is 10.2 Å². The standard InChI is InChI=1S/C20H27ClN2O4/c1-20(2,27-17-7-5-14(21)6-8-17)19(26)22-15-9-16(10-15)23(12-18(24)25)11-13-3-4-13/h5-8,13,15-16H,3-4,9-12H2,1-2H3,(H,22,26)(H,24,25). The lowest BCUT2D eigenvalue weighted by Gasteiger charge is -2.43. The minimum absolute atomic E-state index is 0.0612. The van der Waals surface area contributed by atoms with Crippen molar-refractivity contribution in [3.63, 3.8) is 0 Å². The number of carbonyl (C=O) groups excluding carboxylic acids is 1. The molecule has 27 heavy (non-hydrogen) atoms. The van der Waals surface area contributed by atoms with Gasteiger partial charge in [-0.1, -0.05) is 11.6 Å². The summed E-state index contributed by atoms with van der Waals surface area (Å²) in [7, 11) is 0. The molecule has 2 N–H and O–H groups in total. The minimum atomic E-state index is -1.01. The summed E-state index contributed by atoms with van der Waals surface area (Å²) in [4.78, 5) is 25.8. The van der Waals surface area contributed by atoms with E-state index in [0.717, 1.165) is 19.4 Å². The Morgan fingerprint density at radius 3 is 2.44 bits per heavy atom. The Hall–Kier alpha value is -1.79. The van der Waals surface area contributed by atoms with E-state index in [9.17, 15) is 9.59 Å². The van der Waals surface area contributed by atoms with E-state index in [1.54, 1.807) is 38.1 Å². The molecule has 0 unspecified atom stereocenters. The van der Waals surface area contributed by atoms with Gasteiger partial charge in [0.2, 0.25) is 0 Å². The highest BCUT2D eigenvalue weighted by atomic mass is 35.5. The van der Waals surface area contributed by atoms with Crippen molar-refractivity contribution in [3.05, 3.63) is 29.3 Å². The van der Waals surface area contributed by atoms with Gasteiger partial charge < -0.3 is 15.2 Å². The van der Waals surface area contributed by atoms with E-state index in [4.69, 9.17) is 21.4 Å². The van der Waals surface area contributed by atoms with Crippen LogP contribution in [0.1, 0.15) is 39.5 Å². The van der Waals surface area contributed by atoms with Crippen molar-refractivity contribution in [2.24, 2.45) is 5.92 Å². The molecule has 2 aliphatic rings. The molecule has 7 heteroatoms. The topological polar surface area (TPSA) is 78.9 Å². The lowest BCUT2D eigenvalue weighted by Crippen LogP contribution is -2.58. The Balaban J connectivity index is 1.48. The van der Waals surface area contributed by atoms with Gasteiger partial charge >= 0.3 is 5.97 Å². The highest BCUT2D eigenvalue weighted by Gasteiger charge is 2.40. The quantitative estimate of drug-likeness (QED) is 0.673. The molecule has 6 nitrogen and oxygen atoms in total. The van der Waals surface area contributed by atoms with Crippen molar-refractivity contribution in [1.29, 1.82) is 0 Å². The zero-order valence-corrected chi connectivity index (χ0v) is 16.5. The Bertz CT molecular complexity index is 682. The lowest BCUT2D eigenvalue weighted by molar-refractivity contribution is -0.141. The van der Waals surface area contributed by atoms with Crippen LogP contribution >= 0.6 is 11.6 Å². The number of carbonyl (C=O) groups is 2. The minimum Gasteiger partial charge on any atom is -0.480 e. The van der Waals surface area contributed by atoms with Crippen molar-refractivity contribution in [1.82, 2.24) is 10.2 Å². The van der Waals surface area contributed by atoms with Crippen LogP contribution in [0.4, 0.5) is 0 Å². The average Bonchev–Trinajstić information content (AvgIpc) is 3.35. The van der Waals surface area contributed by atoms with Crippen LogP contribution in [-0.4, -0.2) is 52.7 Å².